The standard InChI is InChI=1S/C17H25NO3/c1-12(2)21-15-8-6-14(7-9-15)16(19)11-18-17(20)10-13-4-3-5-13/h6-9,12-13,16,19H,3-5,10-11H2,1-2H3,(H,18,20). The number of rotatable bonds is 7. The molecular weight excluding hydrogens is 266 g/mol. The summed E-state index contributed by atoms with van der Waals surface area (Å²) >= 11 is 0. The first-order valence-electron chi connectivity index (χ1n) is 7.76. The average Bonchev–Trinajstić information content (AvgIpc) is 2.40. The van der Waals surface area contributed by atoms with Gasteiger partial charge >= 0.3 is 0 Å². The monoisotopic (exact) mass is 291 g/mol. The summed E-state index contributed by atoms with van der Waals surface area (Å²) in [7, 11) is 0. The van der Waals surface area contributed by atoms with E-state index < -0.39 is 6.10 Å². The molecule has 1 atom stereocenters. The van der Waals surface area contributed by atoms with Crippen LogP contribution in [0.25, 0.3) is 0 Å². The summed E-state index contributed by atoms with van der Waals surface area (Å²) in [6.07, 6.45) is 3.61. The van der Waals surface area contributed by atoms with Crippen LogP contribution in [0.1, 0.15) is 51.2 Å². The Balaban J connectivity index is 1.76. The molecule has 0 spiro atoms. The maximum atomic E-state index is 11.7. The summed E-state index contributed by atoms with van der Waals surface area (Å²) in [6.45, 7) is 4.21. The topological polar surface area (TPSA) is 58.6 Å². The lowest BCUT2D eigenvalue weighted by Gasteiger charge is -2.24. The molecule has 1 amide bonds. The molecule has 0 aromatic heterocycles. The molecule has 21 heavy (non-hydrogen) atoms. The highest BCUT2D eigenvalue weighted by molar-refractivity contribution is 5.76. The molecule has 4 heteroatoms. The van der Waals surface area contributed by atoms with Crippen LogP contribution in [0.5, 0.6) is 5.75 Å². The second kappa shape index (κ2) is 7.46. The van der Waals surface area contributed by atoms with Crippen molar-refractivity contribution in [3.63, 3.8) is 0 Å². The molecule has 4 nitrogen and oxygen atoms in total. The van der Waals surface area contributed by atoms with E-state index in [1.807, 2.05) is 38.1 Å². The molecule has 0 heterocycles. The molecule has 1 aromatic carbocycles. The minimum Gasteiger partial charge on any atom is -0.491 e. The zero-order chi connectivity index (χ0) is 15.2. The van der Waals surface area contributed by atoms with Gasteiger partial charge < -0.3 is 15.2 Å². The molecule has 1 fully saturated rings. The number of carbonyl (C=O) groups is 1. The first-order valence-corrected chi connectivity index (χ1v) is 7.76. The van der Waals surface area contributed by atoms with E-state index >= 15 is 0 Å². The first-order chi connectivity index (χ1) is 10.0. The van der Waals surface area contributed by atoms with Crippen LogP contribution in [0.15, 0.2) is 24.3 Å². The third-order valence-corrected chi connectivity index (χ3v) is 3.83. The Kier molecular flexibility index (Phi) is 5.62. The van der Waals surface area contributed by atoms with Gasteiger partial charge in [0.1, 0.15) is 5.75 Å². The Hall–Kier alpha value is -1.55. The van der Waals surface area contributed by atoms with Crippen molar-refractivity contribution in [3.8, 4) is 5.75 Å². The second-order valence-corrected chi connectivity index (χ2v) is 6.06. The van der Waals surface area contributed by atoms with Gasteiger partial charge in [-0.3, -0.25) is 4.79 Å². The average molecular weight is 291 g/mol. The van der Waals surface area contributed by atoms with E-state index in [9.17, 15) is 9.90 Å². The second-order valence-electron chi connectivity index (χ2n) is 6.06. The number of aliphatic hydroxyl groups is 1. The van der Waals surface area contributed by atoms with Gasteiger partial charge in [0.25, 0.3) is 0 Å². The van der Waals surface area contributed by atoms with Crippen molar-refractivity contribution in [3.05, 3.63) is 29.8 Å². The molecule has 116 valence electrons. The van der Waals surface area contributed by atoms with E-state index in [4.69, 9.17) is 4.74 Å². The van der Waals surface area contributed by atoms with Crippen LogP contribution < -0.4 is 10.1 Å². The normalized spacial score (nSPS) is 16.4. The highest BCUT2D eigenvalue weighted by atomic mass is 16.5. The molecule has 1 aliphatic rings. The molecule has 1 aliphatic carbocycles. The summed E-state index contributed by atoms with van der Waals surface area (Å²) < 4.78 is 5.56. The third-order valence-electron chi connectivity index (χ3n) is 3.83. The molecule has 1 aromatic rings. The smallest absolute Gasteiger partial charge is 0.220 e. The molecule has 1 unspecified atom stereocenters. The number of aliphatic hydroxyl groups excluding tert-OH is 1. The van der Waals surface area contributed by atoms with Gasteiger partial charge in [-0.05, 0) is 50.3 Å². The zero-order valence-corrected chi connectivity index (χ0v) is 12.8. The molecule has 2 rings (SSSR count). The van der Waals surface area contributed by atoms with E-state index in [0.29, 0.717) is 12.3 Å². The van der Waals surface area contributed by atoms with Crippen LogP contribution in [-0.2, 0) is 4.79 Å². The molecule has 0 saturated heterocycles. The Morgan fingerprint density at radius 2 is 2.00 bits per heavy atom. The highest BCUT2D eigenvalue weighted by Crippen LogP contribution is 2.29. The maximum Gasteiger partial charge on any atom is 0.220 e. The van der Waals surface area contributed by atoms with Crippen LogP contribution in [0, 0.1) is 5.92 Å². The van der Waals surface area contributed by atoms with Gasteiger partial charge in [0, 0.05) is 13.0 Å². The predicted octanol–water partition coefficient (Wildman–Crippen LogP) is 2.81. The minimum atomic E-state index is -0.677. The molecule has 0 radical (unpaired) electrons. The van der Waals surface area contributed by atoms with Crippen LogP contribution in [0.2, 0.25) is 0 Å². The van der Waals surface area contributed by atoms with Gasteiger partial charge in [-0.25, -0.2) is 0 Å². The summed E-state index contributed by atoms with van der Waals surface area (Å²) in [4.78, 5) is 11.7. The predicted molar refractivity (Wildman–Crippen MR) is 82.1 cm³/mol. The number of amides is 1. The summed E-state index contributed by atoms with van der Waals surface area (Å²) in [5.74, 6) is 1.38. The van der Waals surface area contributed by atoms with Crippen molar-refractivity contribution in [2.45, 2.75) is 51.7 Å². The molecule has 2 N–H and O–H groups in total. The fourth-order valence-electron chi connectivity index (χ4n) is 2.40. The van der Waals surface area contributed by atoms with Crippen LogP contribution in [0.3, 0.4) is 0 Å². The van der Waals surface area contributed by atoms with Crippen molar-refractivity contribution < 1.29 is 14.6 Å². The van der Waals surface area contributed by atoms with E-state index in [1.54, 1.807) is 0 Å². The number of nitrogens with one attached hydrogen (secondary N) is 1. The van der Waals surface area contributed by atoms with Crippen molar-refractivity contribution in [2.24, 2.45) is 5.92 Å². The zero-order valence-electron chi connectivity index (χ0n) is 12.8. The number of benzene rings is 1. The van der Waals surface area contributed by atoms with Gasteiger partial charge in [-0.1, -0.05) is 18.6 Å². The lowest BCUT2D eigenvalue weighted by atomic mass is 9.83. The van der Waals surface area contributed by atoms with E-state index in [2.05, 4.69) is 5.32 Å². The number of carbonyl (C=O) groups excluding carboxylic acids is 1. The van der Waals surface area contributed by atoms with Crippen molar-refractivity contribution in [1.82, 2.24) is 5.32 Å². The fourth-order valence-corrected chi connectivity index (χ4v) is 2.40. The lowest BCUT2D eigenvalue weighted by molar-refractivity contribution is -0.123. The Labute approximate surface area is 126 Å². The number of hydrogen-bond acceptors (Lipinski definition) is 3. The van der Waals surface area contributed by atoms with Gasteiger partial charge in [-0.2, -0.15) is 0 Å². The number of ether oxygens (including phenoxy) is 1. The molecule has 1 saturated carbocycles. The fraction of sp³-hybridized carbons (Fsp3) is 0.588. The van der Waals surface area contributed by atoms with Crippen LogP contribution >= 0.6 is 0 Å². The van der Waals surface area contributed by atoms with E-state index in [-0.39, 0.29) is 18.6 Å². The van der Waals surface area contributed by atoms with Crippen molar-refractivity contribution in [2.75, 3.05) is 6.54 Å². The quantitative estimate of drug-likeness (QED) is 0.812. The Morgan fingerprint density at radius 3 is 2.52 bits per heavy atom. The maximum absolute atomic E-state index is 11.7. The summed E-state index contributed by atoms with van der Waals surface area (Å²) in [5, 5.41) is 12.9. The molecule has 0 bridgehead atoms. The SMILES string of the molecule is CC(C)Oc1ccc(C(O)CNC(=O)CC2CCC2)cc1. The number of hydrogen-bond donors (Lipinski definition) is 2. The van der Waals surface area contributed by atoms with Crippen LogP contribution in [-0.4, -0.2) is 23.7 Å². The minimum absolute atomic E-state index is 0.0403. The van der Waals surface area contributed by atoms with Crippen molar-refractivity contribution in [1.29, 1.82) is 0 Å². The van der Waals surface area contributed by atoms with Gasteiger partial charge in [0.2, 0.25) is 5.91 Å². The Bertz CT molecular complexity index is 452. The largest absolute Gasteiger partial charge is 0.491 e. The Morgan fingerprint density at radius 1 is 1.33 bits per heavy atom. The van der Waals surface area contributed by atoms with E-state index in [0.717, 1.165) is 24.2 Å². The first kappa shape index (κ1) is 15.8. The van der Waals surface area contributed by atoms with Gasteiger partial charge in [0.15, 0.2) is 0 Å². The van der Waals surface area contributed by atoms with Gasteiger partial charge in [-0.15, -0.1) is 0 Å². The summed E-state index contributed by atoms with van der Waals surface area (Å²) in [5.41, 5.74) is 0.787. The van der Waals surface area contributed by atoms with E-state index in [1.165, 1.54) is 6.42 Å². The molecular formula is C17H25NO3. The molecule has 0 aliphatic heterocycles. The third kappa shape index (κ3) is 5.05. The van der Waals surface area contributed by atoms with Crippen LogP contribution in [0.4, 0.5) is 0 Å². The van der Waals surface area contributed by atoms with Gasteiger partial charge in [0.05, 0.1) is 12.2 Å². The lowest BCUT2D eigenvalue weighted by Crippen LogP contribution is -2.31. The summed E-state index contributed by atoms with van der Waals surface area (Å²) in [6, 6.07) is 7.35. The van der Waals surface area contributed by atoms with Crippen molar-refractivity contribution >= 4 is 5.91 Å². The highest BCUT2D eigenvalue weighted by Gasteiger charge is 2.20.